The van der Waals surface area contributed by atoms with E-state index in [2.05, 4.69) is 39.8 Å². The van der Waals surface area contributed by atoms with E-state index in [0.717, 1.165) is 27.2 Å². The number of thioether (sulfide) groups is 2. The van der Waals surface area contributed by atoms with Gasteiger partial charge in [0.2, 0.25) is 0 Å². The Morgan fingerprint density at radius 3 is 2.53 bits per heavy atom. The van der Waals surface area contributed by atoms with Gasteiger partial charge in [-0.3, -0.25) is 0 Å². The molecule has 0 atom stereocenters. The van der Waals surface area contributed by atoms with E-state index in [0.29, 0.717) is 4.58 Å². The summed E-state index contributed by atoms with van der Waals surface area (Å²) in [5.74, 6) is 2.08. The van der Waals surface area contributed by atoms with Gasteiger partial charge in [-0.25, -0.2) is 0 Å². The molecule has 1 rings (SSSR count). The number of nitrogens with zero attached hydrogens (tertiary/aromatic N) is 3. The average Bonchev–Trinajstić information content (AvgIpc) is 2.31. The summed E-state index contributed by atoms with van der Waals surface area (Å²) < 4.78 is 1.34. The van der Waals surface area contributed by atoms with Crippen molar-refractivity contribution in [3.05, 3.63) is 38.7 Å². The highest BCUT2D eigenvalue weighted by Crippen LogP contribution is 2.44. The molecule has 92 valence electrons. The Kier molecular flexibility index (Phi) is 6.89. The van der Waals surface area contributed by atoms with E-state index >= 15 is 0 Å². The van der Waals surface area contributed by atoms with Crippen molar-refractivity contribution in [2.45, 2.75) is 18.4 Å². The van der Waals surface area contributed by atoms with E-state index < -0.39 is 0 Å². The van der Waals surface area contributed by atoms with Crippen molar-refractivity contribution in [2.24, 2.45) is 5.11 Å². The summed E-state index contributed by atoms with van der Waals surface area (Å²) in [7, 11) is 0. The number of hydrogen-bond acceptors (Lipinski definition) is 3. The highest BCUT2D eigenvalue weighted by atomic mass is 79.9. The molecular weight excluding hydrogens is 318 g/mol. The van der Waals surface area contributed by atoms with Crippen molar-refractivity contribution >= 4 is 45.1 Å². The van der Waals surface area contributed by atoms with Crippen LogP contribution in [0.4, 0.5) is 5.69 Å². The van der Waals surface area contributed by atoms with Crippen molar-refractivity contribution in [3.63, 3.8) is 0 Å². The zero-order chi connectivity index (χ0) is 12.7. The summed E-state index contributed by atoms with van der Waals surface area (Å²) in [4.78, 5) is 2.89. The van der Waals surface area contributed by atoms with Crippen LogP contribution >= 0.6 is 39.5 Å². The Bertz CT molecular complexity index is 413. The van der Waals surface area contributed by atoms with E-state index in [4.69, 9.17) is 5.53 Å². The lowest BCUT2D eigenvalue weighted by molar-refractivity contribution is 1.30. The molecule has 0 spiro atoms. The third kappa shape index (κ3) is 4.47. The second-order valence-corrected chi connectivity index (χ2v) is 7.11. The Balaban J connectivity index is 3.13. The molecule has 0 aliphatic rings. The smallest absolute Gasteiger partial charge is 0.0755 e. The minimum Gasteiger partial charge on any atom is -0.143 e. The molecule has 0 heterocycles. The first-order chi connectivity index (χ1) is 8.22. The van der Waals surface area contributed by atoms with E-state index in [9.17, 15) is 0 Å². The van der Waals surface area contributed by atoms with Gasteiger partial charge in [0.05, 0.1) is 4.58 Å². The van der Waals surface area contributed by atoms with Gasteiger partial charge in [0.15, 0.2) is 0 Å². The normalized spacial score (nSPS) is 10.4. The first-order valence-electron chi connectivity index (χ1n) is 5.30. The molecule has 0 saturated carbocycles. The second-order valence-electron chi connectivity index (χ2n) is 3.14. The standard InChI is InChI=1S/C11H14BrN3S2/c1-3-16-11(17-4-2)9-7-8(12)5-6-10(9)14-15-13/h5-7,11H,3-4H2,1-2H3. The van der Waals surface area contributed by atoms with Gasteiger partial charge >= 0.3 is 0 Å². The summed E-state index contributed by atoms with van der Waals surface area (Å²) in [6.07, 6.45) is 0. The van der Waals surface area contributed by atoms with Gasteiger partial charge < -0.3 is 0 Å². The van der Waals surface area contributed by atoms with Gasteiger partial charge in [0, 0.05) is 15.1 Å². The summed E-state index contributed by atoms with van der Waals surface area (Å²) in [6, 6.07) is 5.80. The first kappa shape index (κ1) is 14.8. The van der Waals surface area contributed by atoms with Gasteiger partial charge in [-0.15, -0.1) is 23.5 Å². The lowest BCUT2D eigenvalue weighted by atomic mass is 10.2. The molecule has 3 nitrogen and oxygen atoms in total. The van der Waals surface area contributed by atoms with Crippen molar-refractivity contribution in [2.75, 3.05) is 11.5 Å². The van der Waals surface area contributed by atoms with Crippen LogP contribution in [0.15, 0.2) is 27.8 Å². The minimum atomic E-state index is 0.322. The lowest BCUT2D eigenvalue weighted by Crippen LogP contribution is -1.92. The molecule has 0 unspecified atom stereocenters. The number of rotatable bonds is 6. The maximum atomic E-state index is 8.59. The first-order valence-corrected chi connectivity index (χ1v) is 8.19. The molecule has 0 aliphatic carbocycles. The molecule has 0 saturated heterocycles. The molecule has 1 aromatic carbocycles. The van der Waals surface area contributed by atoms with Crippen LogP contribution in [0.3, 0.4) is 0 Å². The molecular formula is C11H14BrN3S2. The molecule has 0 fully saturated rings. The van der Waals surface area contributed by atoms with Crippen LogP contribution in [-0.4, -0.2) is 11.5 Å². The van der Waals surface area contributed by atoms with Gasteiger partial charge in [0.25, 0.3) is 0 Å². The van der Waals surface area contributed by atoms with Crippen LogP contribution in [0.2, 0.25) is 0 Å². The molecule has 0 bridgehead atoms. The Morgan fingerprint density at radius 1 is 1.35 bits per heavy atom. The zero-order valence-corrected chi connectivity index (χ0v) is 13.0. The van der Waals surface area contributed by atoms with Crippen LogP contribution < -0.4 is 0 Å². The maximum absolute atomic E-state index is 8.59. The van der Waals surface area contributed by atoms with Gasteiger partial charge in [0.1, 0.15) is 0 Å². The quantitative estimate of drug-likeness (QED) is 0.282. The summed E-state index contributed by atoms with van der Waals surface area (Å²) >= 11 is 7.19. The summed E-state index contributed by atoms with van der Waals surface area (Å²) in [5, 5.41) is 3.77. The van der Waals surface area contributed by atoms with E-state index in [1.807, 2.05) is 41.7 Å². The Labute approximate surface area is 119 Å². The van der Waals surface area contributed by atoms with E-state index in [1.165, 1.54) is 0 Å². The van der Waals surface area contributed by atoms with Crippen molar-refractivity contribution in [1.29, 1.82) is 0 Å². The topological polar surface area (TPSA) is 48.8 Å². The van der Waals surface area contributed by atoms with Gasteiger partial charge in [-0.2, -0.15) is 0 Å². The second kappa shape index (κ2) is 7.93. The van der Waals surface area contributed by atoms with Crippen molar-refractivity contribution in [3.8, 4) is 0 Å². The SMILES string of the molecule is CCSC(SCC)c1cc(Br)ccc1N=[N+]=[N-]. The predicted octanol–water partition coefficient (Wildman–Crippen LogP) is 5.90. The number of benzene rings is 1. The molecule has 1 aromatic rings. The lowest BCUT2D eigenvalue weighted by Gasteiger charge is -2.17. The molecule has 0 aliphatic heterocycles. The monoisotopic (exact) mass is 331 g/mol. The Hall–Kier alpha value is -0.290. The fraction of sp³-hybridized carbons (Fsp3) is 0.455. The minimum absolute atomic E-state index is 0.322. The molecule has 6 heteroatoms. The third-order valence-electron chi connectivity index (χ3n) is 2.03. The van der Waals surface area contributed by atoms with Crippen molar-refractivity contribution in [1.82, 2.24) is 0 Å². The largest absolute Gasteiger partial charge is 0.143 e. The van der Waals surface area contributed by atoms with Crippen LogP contribution in [0.5, 0.6) is 0 Å². The maximum Gasteiger partial charge on any atom is 0.0755 e. The van der Waals surface area contributed by atoms with Crippen LogP contribution in [0.1, 0.15) is 24.0 Å². The van der Waals surface area contributed by atoms with Crippen LogP contribution in [-0.2, 0) is 0 Å². The molecule has 0 radical (unpaired) electrons. The van der Waals surface area contributed by atoms with E-state index in [1.54, 1.807) is 0 Å². The summed E-state index contributed by atoms with van der Waals surface area (Å²) in [5.41, 5.74) is 10.4. The zero-order valence-electron chi connectivity index (χ0n) is 9.76. The molecule has 0 amide bonds. The van der Waals surface area contributed by atoms with Crippen molar-refractivity contribution < 1.29 is 0 Å². The highest BCUT2D eigenvalue weighted by Gasteiger charge is 2.15. The molecule has 17 heavy (non-hydrogen) atoms. The third-order valence-corrected chi connectivity index (χ3v) is 5.12. The number of azide groups is 1. The molecule has 0 N–H and O–H groups in total. The molecule has 0 aromatic heterocycles. The fourth-order valence-electron chi connectivity index (χ4n) is 1.38. The number of halogens is 1. The van der Waals surface area contributed by atoms with E-state index in [-0.39, 0.29) is 0 Å². The fourth-order valence-corrected chi connectivity index (χ4v) is 4.31. The Morgan fingerprint density at radius 2 is 2.00 bits per heavy atom. The number of hydrogen-bond donors (Lipinski definition) is 0. The average molecular weight is 332 g/mol. The van der Waals surface area contributed by atoms with Gasteiger partial charge in [-0.1, -0.05) is 41.0 Å². The van der Waals surface area contributed by atoms with Crippen LogP contribution in [0, 0.1) is 0 Å². The summed E-state index contributed by atoms with van der Waals surface area (Å²) in [6.45, 7) is 4.28. The van der Waals surface area contributed by atoms with Crippen LogP contribution in [0.25, 0.3) is 10.4 Å². The highest BCUT2D eigenvalue weighted by molar-refractivity contribution is 9.10. The van der Waals surface area contributed by atoms with Gasteiger partial charge in [-0.05, 0) is 34.7 Å². The predicted molar refractivity (Wildman–Crippen MR) is 82.0 cm³/mol.